The minimum absolute atomic E-state index is 0.386. The van der Waals surface area contributed by atoms with E-state index in [0.717, 1.165) is 26.2 Å². The van der Waals surface area contributed by atoms with Crippen LogP contribution in [0.15, 0.2) is 47.3 Å². The molecule has 3 nitrogen and oxygen atoms in total. The molecule has 3 aromatic rings. The van der Waals surface area contributed by atoms with Crippen molar-refractivity contribution < 1.29 is 4.74 Å². The van der Waals surface area contributed by atoms with Crippen molar-refractivity contribution in [3.05, 3.63) is 58.4 Å². The van der Waals surface area contributed by atoms with Gasteiger partial charge in [0.2, 0.25) is 0 Å². The number of rotatable bonds is 6. The number of ether oxygens (including phenoxy) is 1. The summed E-state index contributed by atoms with van der Waals surface area (Å²) in [5.74, 6) is 0. The molecular formula is C19H22N2OS. The van der Waals surface area contributed by atoms with Gasteiger partial charge in [-0.15, -0.1) is 0 Å². The summed E-state index contributed by atoms with van der Waals surface area (Å²) in [5, 5.41) is 5.69. The van der Waals surface area contributed by atoms with E-state index in [-0.39, 0.29) is 0 Å². The second-order valence-corrected chi connectivity index (χ2v) is 7.08. The summed E-state index contributed by atoms with van der Waals surface area (Å²) in [6.07, 6.45) is 4.80. The Bertz CT molecular complexity index is 744. The first-order chi connectivity index (χ1) is 11.4. The van der Waals surface area contributed by atoms with Crippen molar-refractivity contribution in [2.75, 3.05) is 13.2 Å². The molecule has 1 saturated heterocycles. The number of thiophene rings is 1. The molecule has 0 unspecified atom stereocenters. The number of nitrogens with one attached hydrogen (secondary N) is 1. The Morgan fingerprint density at radius 1 is 1.22 bits per heavy atom. The van der Waals surface area contributed by atoms with Gasteiger partial charge in [-0.25, -0.2) is 0 Å². The van der Waals surface area contributed by atoms with Gasteiger partial charge in [-0.3, -0.25) is 4.90 Å². The molecule has 1 aromatic carbocycles. The summed E-state index contributed by atoms with van der Waals surface area (Å²) >= 11 is 1.77. The van der Waals surface area contributed by atoms with Crippen LogP contribution in [0.1, 0.15) is 24.0 Å². The fourth-order valence-corrected chi connectivity index (χ4v) is 4.08. The molecule has 1 aliphatic rings. The standard InChI is InChI=1S/C19H22N2OS/c1-3-16-6-8-20-19(16)17(4-1)12-21(11-15-7-10-23-14-15)13-18-5-2-9-22-18/h1,3-4,6-8,10,14,18,20H,2,5,9,11-13H2/t18-/m1/s1. The van der Waals surface area contributed by atoms with Gasteiger partial charge in [0, 0.05) is 38.0 Å². The summed E-state index contributed by atoms with van der Waals surface area (Å²) in [6.45, 7) is 3.87. The van der Waals surface area contributed by atoms with E-state index in [1.165, 1.54) is 34.9 Å². The highest BCUT2D eigenvalue weighted by Crippen LogP contribution is 2.22. The predicted octanol–water partition coefficient (Wildman–Crippen LogP) is 4.41. The highest BCUT2D eigenvalue weighted by atomic mass is 32.1. The van der Waals surface area contributed by atoms with Gasteiger partial charge in [0.05, 0.1) is 6.10 Å². The number of aromatic amines is 1. The zero-order chi connectivity index (χ0) is 15.5. The van der Waals surface area contributed by atoms with Gasteiger partial charge in [0.1, 0.15) is 0 Å². The number of fused-ring (bicyclic) bond motifs is 1. The highest BCUT2D eigenvalue weighted by Gasteiger charge is 2.20. The normalized spacial score (nSPS) is 18.2. The average molecular weight is 326 g/mol. The smallest absolute Gasteiger partial charge is 0.0703 e. The molecule has 0 amide bonds. The summed E-state index contributed by atoms with van der Waals surface area (Å²) in [6, 6.07) is 10.9. The number of nitrogens with zero attached hydrogens (tertiary/aromatic N) is 1. The zero-order valence-electron chi connectivity index (χ0n) is 13.2. The number of para-hydroxylation sites is 1. The molecule has 3 heterocycles. The predicted molar refractivity (Wildman–Crippen MR) is 95.7 cm³/mol. The molecule has 1 fully saturated rings. The van der Waals surface area contributed by atoms with E-state index in [9.17, 15) is 0 Å². The molecule has 0 aliphatic carbocycles. The van der Waals surface area contributed by atoms with Crippen molar-refractivity contribution in [2.24, 2.45) is 0 Å². The maximum atomic E-state index is 5.87. The molecule has 23 heavy (non-hydrogen) atoms. The fourth-order valence-electron chi connectivity index (χ4n) is 3.42. The highest BCUT2D eigenvalue weighted by molar-refractivity contribution is 7.07. The maximum absolute atomic E-state index is 5.87. The molecule has 0 radical (unpaired) electrons. The van der Waals surface area contributed by atoms with Gasteiger partial charge in [-0.2, -0.15) is 11.3 Å². The Morgan fingerprint density at radius 2 is 2.22 bits per heavy atom. The van der Waals surface area contributed by atoms with Gasteiger partial charge in [-0.05, 0) is 52.2 Å². The van der Waals surface area contributed by atoms with Crippen LogP contribution in [0.3, 0.4) is 0 Å². The molecule has 4 heteroatoms. The molecule has 0 bridgehead atoms. The summed E-state index contributed by atoms with van der Waals surface area (Å²) < 4.78 is 5.87. The first kappa shape index (κ1) is 14.9. The van der Waals surface area contributed by atoms with Crippen LogP contribution in [0.25, 0.3) is 10.9 Å². The third-order valence-electron chi connectivity index (χ3n) is 4.54. The second-order valence-electron chi connectivity index (χ2n) is 6.30. The minimum Gasteiger partial charge on any atom is -0.377 e. The van der Waals surface area contributed by atoms with Gasteiger partial charge in [0.25, 0.3) is 0 Å². The molecular weight excluding hydrogens is 304 g/mol. The topological polar surface area (TPSA) is 28.3 Å². The summed E-state index contributed by atoms with van der Waals surface area (Å²) in [7, 11) is 0. The van der Waals surface area contributed by atoms with E-state index in [1.807, 2.05) is 6.20 Å². The summed E-state index contributed by atoms with van der Waals surface area (Å²) in [5.41, 5.74) is 4.02. The van der Waals surface area contributed by atoms with Crippen molar-refractivity contribution in [1.29, 1.82) is 0 Å². The third-order valence-corrected chi connectivity index (χ3v) is 5.27. The van der Waals surface area contributed by atoms with E-state index in [0.29, 0.717) is 6.10 Å². The Hall–Kier alpha value is -1.62. The van der Waals surface area contributed by atoms with Gasteiger partial charge < -0.3 is 9.72 Å². The quantitative estimate of drug-likeness (QED) is 0.727. The van der Waals surface area contributed by atoms with Crippen molar-refractivity contribution in [3.63, 3.8) is 0 Å². The SMILES string of the molecule is c1cc(CN(Cc2ccsc2)C[C@H]2CCCO2)c2[nH]ccc2c1. The van der Waals surface area contributed by atoms with Crippen molar-refractivity contribution in [3.8, 4) is 0 Å². The molecule has 1 atom stereocenters. The van der Waals surface area contributed by atoms with Gasteiger partial charge in [-0.1, -0.05) is 18.2 Å². The van der Waals surface area contributed by atoms with E-state index in [1.54, 1.807) is 11.3 Å². The van der Waals surface area contributed by atoms with E-state index >= 15 is 0 Å². The van der Waals surface area contributed by atoms with E-state index < -0.39 is 0 Å². The monoisotopic (exact) mass is 326 g/mol. The number of aromatic nitrogens is 1. The van der Waals surface area contributed by atoms with Crippen molar-refractivity contribution in [2.45, 2.75) is 32.0 Å². The van der Waals surface area contributed by atoms with Gasteiger partial charge in [0.15, 0.2) is 0 Å². The minimum atomic E-state index is 0.386. The lowest BCUT2D eigenvalue weighted by atomic mass is 10.1. The Labute approximate surface area is 140 Å². The first-order valence-electron chi connectivity index (χ1n) is 8.28. The largest absolute Gasteiger partial charge is 0.377 e. The number of hydrogen-bond acceptors (Lipinski definition) is 3. The molecule has 4 rings (SSSR count). The lowest BCUT2D eigenvalue weighted by Crippen LogP contribution is -2.31. The van der Waals surface area contributed by atoms with Crippen LogP contribution in [0, 0.1) is 0 Å². The fraction of sp³-hybridized carbons (Fsp3) is 0.368. The summed E-state index contributed by atoms with van der Waals surface area (Å²) in [4.78, 5) is 5.91. The van der Waals surface area contributed by atoms with Gasteiger partial charge >= 0.3 is 0 Å². The lowest BCUT2D eigenvalue weighted by Gasteiger charge is -2.25. The number of hydrogen-bond donors (Lipinski definition) is 1. The van der Waals surface area contributed by atoms with E-state index in [2.05, 4.69) is 51.0 Å². The molecule has 120 valence electrons. The Morgan fingerprint density at radius 3 is 3.04 bits per heavy atom. The second kappa shape index (κ2) is 6.87. The van der Waals surface area contributed by atoms with Crippen LogP contribution in [0.2, 0.25) is 0 Å². The van der Waals surface area contributed by atoms with Crippen LogP contribution < -0.4 is 0 Å². The average Bonchev–Trinajstić information content (AvgIpc) is 3.30. The van der Waals surface area contributed by atoms with E-state index in [4.69, 9.17) is 4.74 Å². The number of H-pyrrole nitrogens is 1. The van der Waals surface area contributed by atoms with Crippen LogP contribution in [0.5, 0.6) is 0 Å². The first-order valence-corrected chi connectivity index (χ1v) is 9.23. The zero-order valence-corrected chi connectivity index (χ0v) is 14.0. The van der Waals surface area contributed by atoms with Crippen molar-refractivity contribution in [1.82, 2.24) is 9.88 Å². The van der Waals surface area contributed by atoms with Crippen LogP contribution in [-0.2, 0) is 17.8 Å². The van der Waals surface area contributed by atoms with Crippen LogP contribution in [0.4, 0.5) is 0 Å². The third kappa shape index (κ3) is 3.50. The molecule has 1 N–H and O–H groups in total. The van der Waals surface area contributed by atoms with Crippen molar-refractivity contribution >= 4 is 22.2 Å². The molecule has 0 saturated carbocycles. The molecule has 0 spiro atoms. The Balaban J connectivity index is 1.55. The van der Waals surface area contributed by atoms with Crippen LogP contribution >= 0.6 is 11.3 Å². The molecule has 1 aliphatic heterocycles. The number of benzene rings is 1. The lowest BCUT2D eigenvalue weighted by molar-refractivity contribution is 0.0681. The van der Waals surface area contributed by atoms with Crippen LogP contribution in [-0.4, -0.2) is 29.1 Å². The Kier molecular flexibility index (Phi) is 4.46. The molecule has 2 aromatic heterocycles. The maximum Gasteiger partial charge on any atom is 0.0703 e.